The molecular weight excluding hydrogens is 307 g/mol. The van der Waals surface area contributed by atoms with Gasteiger partial charge in [0.2, 0.25) is 0 Å². The standard InChI is InChI=1S/C12H12Cl2N2O4/c13-6-1-2-9(8(14)3-6)15-12(20)16-5-7(17)4-10(16)11(18)19/h1-3,7,10,17H,4-5H2,(H,15,20)(H,18,19)/t7?,10-/m0/s1. The molecule has 3 N–H and O–H groups in total. The van der Waals surface area contributed by atoms with Crippen molar-refractivity contribution in [3.8, 4) is 0 Å². The van der Waals surface area contributed by atoms with E-state index in [2.05, 4.69) is 5.32 Å². The summed E-state index contributed by atoms with van der Waals surface area (Å²) in [5, 5.41) is 21.7. The van der Waals surface area contributed by atoms with Crippen molar-refractivity contribution >= 4 is 40.9 Å². The molecule has 108 valence electrons. The van der Waals surface area contributed by atoms with Gasteiger partial charge in [0, 0.05) is 18.0 Å². The Hall–Kier alpha value is -1.50. The number of halogens is 2. The number of anilines is 1. The van der Waals surface area contributed by atoms with E-state index in [4.69, 9.17) is 28.3 Å². The lowest BCUT2D eigenvalue weighted by Crippen LogP contribution is -2.43. The first kappa shape index (κ1) is 14.9. The number of nitrogens with zero attached hydrogens (tertiary/aromatic N) is 1. The molecule has 0 aromatic heterocycles. The highest BCUT2D eigenvalue weighted by atomic mass is 35.5. The predicted octanol–water partition coefficient (Wildman–Crippen LogP) is 2.05. The third kappa shape index (κ3) is 3.15. The number of hydrogen-bond acceptors (Lipinski definition) is 3. The largest absolute Gasteiger partial charge is 0.480 e. The first-order valence-corrected chi connectivity index (χ1v) is 6.57. The van der Waals surface area contributed by atoms with Gasteiger partial charge in [-0.15, -0.1) is 0 Å². The quantitative estimate of drug-likeness (QED) is 0.778. The van der Waals surface area contributed by atoms with Gasteiger partial charge in [0.05, 0.1) is 16.8 Å². The van der Waals surface area contributed by atoms with Crippen LogP contribution in [-0.4, -0.2) is 45.8 Å². The number of benzene rings is 1. The third-order valence-corrected chi connectivity index (χ3v) is 3.55. The lowest BCUT2D eigenvalue weighted by Gasteiger charge is -2.21. The minimum atomic E-state index is -1.15. The fourth-order valence-corrected chi connectivity index (χ4v) is 2.51. The van der Waals surface area contributed by atoms with Crippen LogP contribution in [0.1, 0.15) is 6.42 Å². The molecule has 1 heterocycles. The van der Waals surface area contributed by atoms with E-state index >= 15 is 0 Å². The third-order valence-electron chi connectivity index (χ3n) is 3.00. The summed E-state index contributed by atoms with van der Waals surface area (Å²) >= 11 is 11.7. The molecule has 0 bridgehead atoms. The topological polar surface area (TPSA) is 89.9 Å². The fourth-order valence-electron chi connectivity index (χ4n) is 2.05. The second kappa shape index (κ2) is 5.87. The second-order valence-electron chi connectivity index (χ2n) is 4.45. The molecule has 0 aliphatic carbocycles. The van der Waals surface area contributed by atoms with Crippen molar-refractivity contribution in [1.82, 2.24) is 4.90 Å². The lowest BCUT2D eigenvalue weighted by molar-refractivity contribution is -0.141. The number of urea groups is 1. The Labute approximate surface area is 124 Å². The number of nitrogens with one attached hydrogen (secondary N) is 1. The Morgan fingerprint density at radius 3 is 2.65 bits per heavy atom. The normalized spacial score (nSPS) is 21.9. The highest BCUT2D eigenvalue weighted by Gasteiger charge is 2.39. The van der Waals surface area contributed by atoms with Gasteiger partial charge in [-0.2, -0.15) is 0 Å². The van der Waals surface area contributed by atoms with Crippen molar-refractivity contribution in [3.05, 3.63) is 28.2 Å². The summed E-state index contributed by atoms with van der Waals surface area (Å²) in [5.74, 6) is -1.15. The number of likely N-dealkylation sites (tertiary alicyclic amines) is 1. The van der Waals surface area contributed by atoms with Gasteiger partial charge in [-0.3, -0.25) is 0 Å². The zero-order valence-electron chi connectivity index (χ0n) is 10.2. The summed E-state index contributed by atoms with van der Waals surface area (Å²) < 4.78 is 0. The smallest absolute Gasteiger partial charge is 0.326 e. The van der Waals surface area contributed by atoms with Crippen LogP contribution in [0, 0.1) is 0 Å². The van der Waals surface area contributed by atoms with E-state index in [1.54, 1.807) is 6.07 Å². The van der Waals surface area contributed by atoms with Gasteiger partial charge in [0.15, 0.2) is 0 Å². The van der Waals surface area contributed by atoms with Gasteiger partial charge in [0.25, 0.3) is 0 Å². The van der Waals surface area contributed by atoms with Crippen molar-refractivity contribution in [2.45, 2.75) is 18.6 Å². The molecule has 0 radical (unpaired) electrons. The summed E-state index contributed by atoms with van der Waals surface area (Å²) in [6.07, 6.45) is -0.834. The van der Waals surface area contributed by atoms with E-state index in [1.165, 1.54) is 12.1 Å². The van der Waals surface area contributed by atoms with E-state index in [9.17, 15) is 14.7 Å². The second-order valence-corrected chi connectivity index (χ2v) is 5.29. The number of carboxylic acid groups (broad SMARTS) is 1. The van der Waals surface area contributed by atoms with Crippen LogP contribution in [0.4, 0.5) is 10.5 Å². The minimum absolute atomic E-state index is 0.0110. The summed E-state index contributed by atoms with van der Waals surface area (Å²) in [5.41, 5.74) is 0.326. The van der Waals surface area contributed by atoms with E-state index < -0.39 is 24.1 Å². The Morgan fingerprint density at radius 1 is 1.35 bits per heavy atom. The molecule has 1 fully saturated rings. The molecule has 2 amide bonds. The van der Waals surface area contributed by atoms with Crippen LogP contribution >= 0.6 is 23.2 Å². The first-order valence-electron chi connectivity index (χ1n) is 5.82. The van der Waals surface area contributed by atoms with Gasteiger partial charge in [-0.1, -0.05) is 23.2 Å². The molecule has 1 aromatic rings. The van der Waals surface area contributed by atoms with Crippen LogP contribution in [0.3, 0.4) is 0 Å². The van der Waals surface area contributed by atoms with Gasteiger partial charge < -0.3 is 20.4 Å². The highest BCUT2D eigenvalue weighted by molar-refractivity contribution is 6.36. The predicted molar refractivity (Wildman–Crippen MR) is 74.2 cm³/mol. The number of hydrogen-bond donors (Lipinski definition) is 3. The van der Waals surface area contributed by atoms with Crippen LogP contribution in [-0.2, 0) is 4.79 Å². The number of rotatable bonds is 2. The molecule has 1 unspecified atom stereocenters. The number of carbonyl (C=O) groups excluding carboxylic acids is 1. The maximum atomic E-state index is 12.1. The van der Waals surface area contributed by atoms with Crippen LogP contribution in [0.15, 0.2) is 18.2 Å². The number of carboxylic acids is 1. The Kier molecular flexibility index (Phi) is 4.37. The van der Waals surface area contributed by atoms with Crippen molar-refractivity contribution in [2.75, 3.05) is 11.9 Å². The highest BCUT2D eigenvalue weighted by Crippen LogP contribution is 2.27. The average Bonchev–Trinajstić information content (AvgIpc) is 2.75. The maximum Gasteiger partial charge on any atom is 0.326 e. The van der Waals surface area contributed by atoms with Gasteiger partial charge in [0.1, 0.15) is 6.04 Å². The summed E-state index contributed by atoms with van der Waals surface area (Å²) in [6, 6.07) is 2.86. The van der Waals surface area contributed by atoms with Gasteiger partial charge in [-0.05, 0) is 18.2 Å². The van der Waals surface area contributed by atoms with Crippen LogP contribution in [0.5, 0.6) is 0 Å². The SMILES string of the molecule is O=C(O)[C@@H]1CC(O)CN1C(=O)Nc1ccc(Cl)cc1Cl. The summed E-state index contributed by atoms with van der Waals surface area (Å²) in [4.78, 5) is 24.2. The number of β-amino-alcohol motifs (C(OH)–C–C–N with tert-alkyl or cyclic N) is 1. The number of amides is 2. The Balaban J connectivity index is 2.13. The van der Waals surface area contributed by atoms with Gasteiger partial charge >= 0.3 is 12.0 Å². The van der Waals surface area contributed by atoms with Crippen molar-refractivity contribution in [2.24, 2.45) is 0 Å². The van der Waals surface area contributed by atoms with Crippen molar-refractivity contribution in [1.29, 1.82) is 0 Å². The van der Waals surface area contributed by atoms with E-state index in [-0.39, 0.29) is 18.0 Å². The fraction of sp³-hybridized carbons (Fsp3) is 0.333. The number of aliphatic hydroxyl groups excluding tert-OH is 1. The molecule has 6 nitrogen and oxygen atoms in total. The first-order chi connectivity index (χ1) is 9.38. The molecule has 2 rings (SSSR count). The number of aliphatic hydroxyl groups is 1. The molecule has 20 heavy (non-hydrogen) atoms. The van der Waals surface area contributed by atoms with E-state index in [0.717, 1.165) is 4.90 Å². The molecule has 0 saturated carbocycles. The van der Waals surface area contributed by atoms with Gasteiger partial charge in [-0.25, -0.2) is 9.59 Å². The zero-order chi connectivity index (χ0) is 14.9. The molecular formula is C12H12Cl2N2O4. The van der Waals surface area contributed by atoms with E-state index in [1.807, 2.05) is 0 Å². The van der Waals surface area contributed by atoms with Crippen LogP contribution in [0.25, 0.3) is 0 Å². The Morgan fingerprint density at radius 2 is 2.05 bits per heavy atom. The van der Waals surface area contributed by atoms with Crippen LogP contribution in [0.2, 0.25) is 10.0 Å². The molecule has 0 spiro atoms. The lowest BCUT2D eigenvalue weighted by atomic mass is 10.2. The summed E-state index contributed by atoms with van der Waals surface area (Å²) in [6.45, 7) is -0.0337. The van der Waals surface area contributed by atoms with E-state index in [0.29, 0.717) is 10.7 Å². The molecule has 1 aliphatic heterocycles. The van der Waals surface area contributed by atoms with Crippen molar-refractivity contribution in [3.63, 3.8) is 0 Å². The number of carbonyl (C=O) groups is 2. The Bertz CT molecular complexity index is 552. The van der Waals surface area contributed by atoms with Crippen LogP contribution < -0.4 is 5.32 Å². The maximum absolute atomic E-state index is 12.1. The molecule has 8 heteroatoms. The summed E-state index contributed by atoms with van der Waals surface area (Å²) in [7, 11) is 0. The monoisotopic (exact) mass is 318 g/mol. The van der Waals surface area contributed by atoms with Crippen molar-refractivity contribution < 1.29 is 19.8 Å². The minimum Gasteiger partial charge on any atom is -0.480 e. The number of aliphatic carboxylic acids is 1. The molecule has 1 aromatic carbocycles. The molecule has 2 atom stereocenters. The average molecular weight is 319 g/mol. The molecule has 1 saturated heterocycles. The molecule has 1 aliphatic rings. The zero-order valence-corrected chi connectivity index (χ0v) is 11.7.